The molecule has 1 aromatic carbocycles. The normalized spacial score (nSPS) is 20.9. The van der Waals surface area contributed by atoms with Gasteiger partial charge in [0.25, 0.3) is 0 Å². The lowest BCUT2D eigenvalue weighted by atomic mass is 9.92. The van der Waals surface area contributed by atoms with Gasteiger partial charge in [0.1, 0.15) is 0 Å². The zero-order valence-corrected chi connectivity index (χ0v) is 13.0. The minimum Gasteiger partial charge on any atom is -0.297 e. The Morgan fingerprint density at radius 2 is 1.95 bits per heavy atom. The van der Waals surface area contributed by atoms with Crippen LogP contribution in [0.3, 0.4) is 0 Å². The van der Waals surface area contributed by atoms with Gasteiger partial charge in [-0.2, -0.15) is 5.26 Å². The summed E-state index contributed by atoms with van der Waals surface area (Å²) in [7, 11) is 0. The summed E-state index contributed by atoms with van der Waals surface area (Å²) in [5, 5.41) is 9.28. The third-order valence-corrected chi connectivity index (χ3v) is 5.15. The van der Waals surface area contributed by atoms with E-state index in [1.165, 1.54) is 9.75 Å². The average molecular weight is 309 g/mol. The van der Waals surface area contributed by atoms with Gasteiger partial charge in [0.05, 0.1) is 6.07 Å². The first-order valence-electron chi connectivity index (χ1n) is 7.20. The van der Waals surface area contributed by atoms with E-state index in [4.69, 9.17) is 0 Å². The van der Waals surface area contributed by atoms with Gasteiger partial charge in [-0.1, -0.05) is 30.3 Å². The van der Waals surface area contributed by atoms with Crippen LogP contribution >= 0.6 is 11.3 Å². The molecule has 0 unspecified atom stereocenters. The van der Waals surface area contributed by atoms with E-state index in [9.17, 15) is 14.9 Å². The van der Waals surface area contributed by atoms with Gasteiger partial charge in [0.15, 0.2) is 17.5 Å². The van der Waals surface area contributed by atoms with Crippen molar-refractivity contribution in [3.63, 3.8) is 0 Å². The minimum absolute atomic E-state index is 0.185. The van der Waals surface area contributed by atoms with E-state index in [0.29, 0.717) is 5.56 Å². The molecule has 0 spiro atoms. The molecule has 22 heavy (non-hydrogen) atoms. The molecule has 0 radical (unpaired) electrons. The molecule has 0 N–H and O–H groups in total. The van der Waals surface area contributed by atoms with Crippen molar-refractivity contribution in [2.45, 2.75) is 19.3 Å². The van der Waals surface area contributed by atoms with Gasteiger partial charge >= 0.3 is 0 Å². The molecule has 4 heteroatoms. The maximum absolute atomic E-state index is 12.5. The molecule has 0 amide bonds. The van der Waals surface area contributed by atoms with Gasteiger partial charge in [-0.15, -0.1) is 11.3 Å². The number of hydrogen-bond donors (Lipinski definition) is 0. The molecular formula is C18H15NO2S. The minimum atomic E-state index is -1.18. The van der Waals surface area contributed by atoms with Crippen LogP contribution in [-0.4, -0.2) is 11.6 Å². The maximum atomic E-state index is 12.5. The Kier molecular flexibility index (Phi) is 3.91. The number of aryl methyl sites for hydroxylation is 1. The van der Waals surface area contributed by atoms with Crippen molar-refractivity contribution in [3.05, 3.63) is 57.8 Å². The number of carbonyl (C=O) groups excluding carboxylic acids is 2. The molecule has 0 saturated heterocycles. The Bertz CT molecular complexity index is 757. The number of Topliss-reactive ketones (excluding diaryl/α,β-unsaturated/α-hetero) is 2. The van der Waals surface area contributed by atoms with Crippen molar-refractivity contribution in [3.8, 4) is 6.07 Å². The standard InChI is InChI=1S/C18H15NO2S/c1-11-7-8-16(22-11)13-9-14(13)18(21)15(10-19)17(20)12-5-3-2-4-6-12/h2-8,13-15H,9H2,1H3/t13-,14+,15+/m1/s1. The Morgan fingerprint density at radius 3 is 2.55 bits per heavy atom. The smallest absolute Gasteiger partial charge is 0.187 e. The lowest BCUT2D eigenvalue weighted by Crippen LogP contribution is -2.24. The number of carbonyl (C=O) groups is 2. The van der Waals surface area contributed by atoms with E-state index in [0.717, 1.165) is 6.42 Å². The average Bonchev–Trinajstić information content (AvgIpc) is 3.23. The molecule has 2 aromatic rings. The number of ketones is 2. The zero-order valence-electron chi connectivity index (χ0n) is 12.2. The summed E-state index contributed by atoms with van der Waals surface area (Å²) < 4.78 is 0. The lowest BCUT2D eigenvalue weighted by Gasteiger charge is -2.07. The van der Waals surface area contributed by atoms with Gasteiger partial charge in [0, 0.05) is 27.2 Å². The Balaban J connectivity index is 1.74. The molecule has 3 rings (SSSR count). The first-order valence-corrected chi connectivity index (χ1v) is 8.02. The highest BCUT2D eigenvalue weighted by atomic mass is 32.1. The molecule has 0 bridgehead atoms. The molecule has 1 aliphatic carbocycles. The molecule has 110 valence electrons. The highest BCUT2D eigenvalue weighted by Crippen LogP contribution is 2.51. The second-order valence-electron chi connectivity index (χ2n) is 5.59. The fourth-order valence-electron chi connectivity index (χ4n) is 2.71. The first-order chi connectivity index (χ1) is 10.6. The van der Waals surface area contributed by atoms with E-state index in [2.05, 4.69) is 0 Å². The van der Waals surface area contributed by atoms with Gasteiger partial charge in [-0.05, 0) is 25.5 Å². The molecular weight excluding hydrogens is 294 g/mol. The van der Waals surface area contributed by atoms with E-state index in [1.807, 2.05) is 25.1 Å². The molecule has 1 heterocycles. The Morgan fingerprint density at radius 1 is 1.23 bits per heavy atom. The highest BCUT2D eigenvalue weighted by Gasteiger charge is 2.48. The van der Waals surface area contributed by atoms with Crippen molar-refractivity contribution in [2.24, 2.45) is 11.8 Å². The maximum Gasteiger partial charge on any atom is 0.187 e. The third kappa shape index (κ3) is 2.72. The molecule has 3 atom stereocenters. The quantitative estimate of drug-likeness (QED) is 0.624. The summed E-state index contributed by atoms with van der Waals surface area (Å²) in [6.07, 6.45) is 0.749. The van der Waals surface area contributed by atoms with Crippen molar-refractivity contribution < 1.29 is 9.59 Å². The number of nitrogens with zero attached hydrogens (tertiary/aromatic N) is 1. The molecule has 0 aliphatic heterocycles. The summed E-state index contributed by atoms with van der Waals surface area (Å²) in [5.74, 6) is -1.80. The number of rotatable bonds is 5. The molecule has 1 aliphatic rings. The molecule has 1 fully saturated rings. The highest BCUT2D eigenvalue weighted by molar-refractivity contribution is 7.12. The van der Waals surface area contributed by atoms with E-state index < -0.39 is 5.92 Å². The van der Waals surface area contributed by atoms with Crippen LogP contribution in [0.5, 0.6) is 0 Å². The van der Waals surface area contributed by atoms with Crippen LogP contribution in [-0.2, 0) is 4.79 Å². The lowest BCUT2D eigenvalue weighted by molar-refractivity contribution is -0.121. The van der Waals surface area contributed by atoms with Gasteiger partial charge in [-0.3, -0.25) is 9.59 Å². The summed E-state index contributed by atoms with van der Waals surface area (Å²) in [4.78, 5) is 27.3. The Labute approximate surface area is 133 Å². The van der Waals surface area contributed by atoms with Crippen LogP contribution in [0.25, 0.3) is 0 Å². The summed E-state index contributed by atoms with van der Waals surface area (Å²) in [5.41, 5.74) is 0.423. The van der Waals surface area contributed by atoms with Crippen molar-refractivity contribution >= 4 is 22.9 Å². The topological polar surface area (TPSA) is 57.9 Å². The fraction of sp³-hybridized carbons (Fsp3) is 0.278. The van der Waals surface area contributed by atoms with Crippen LogP contribution in [0.4, 0.5) is 0 Å². The molecule has 1 saturated carbocycles. The van der Waals surface area contributed by atoms with Gasteiger partial charge < -0.3 is 0 Å². The molecule has 3 nitrogen and oxygen atoms in total. The molecule has 1 aromatic heterocycles. The third-order valence-electron chi connectivity index (χ3n) is 4.02. The first kappa shape index (κ1) is 14.7. The van der Waals surface area contributed by atoms with Crippen molar-refractivity contribution in [1.29, 1.82) is 5.26 Å². The predicted octanol–water partition coefficient (Wildman–Crippen LogP) is 3.75. The van der Waals surface area contributed by atoms with Crippen molar-refractivity contribution in [1.82, 2.24) is 0 Å². The second-order valence-corrected chi connectivity index (χ2v) is 6.91. The van der Waals surface area contributed by atoms with Crippen molar-refractivity contribution in [2.75, 3.05) is 0 Å². The second kappa shape index (κ2) is 5.86. The van der Waals surface area contributed by atoms with Gasteiger partial charge in [-0.25, -0.2) is 0 Å². The monoisotopic (exact) mass is 309 g/mol. The van der Waals surface area contributed by atoms with Crippen LogP contribution < -0.4 is 0 Å². The fourth-order valence-corrected chi connectivity index (χ4v) is 3.77. The van der Waals surface area contributed by atoms with E-state index in [1.54, 1.807) is 41.7 Å². The van der Waals surface area contributed by atoms with E-state index >= 15 is 0 Å². The summed E-state index contributed by atoms with van der Waals surface area (Å²) >= 11 is 1.68. The Hall–Kier alpha value is -2.25. The predicted molar refractivity (Wildman–Crippen MR) is 84.8 cm³/mol. The van der Waals surface area contributed by atoms with Crippen LogP contribution in [0.15, 0.2) is 42.5 Å². The van der Waals surface area contributed by atoms with Crippen LogP contribution in [0.1, 0.15) is 32.5 Å². The zero-order chi connectivity index (χ0) is 15.7. The van der Waals surface area contributed by atoms with Crippen LogP contribution in [0, 0.1) is 30.1 Å². The number of thiophene rings is 1. The SMILES string of the molecule is Cc1ccc([C@@H]2C[C@@H]2C(=O)[C@@H](C#N)C(=O)c2ccccc2)s1. The largest absolute Gasteiger partial charge is 0.297 e. The van der Waals surface area contributed by atoms with E-state index in [-0.39, 0.29) is 23.4 Å². The van der Waals surface area contributed by atoms with Gasteiger partial charge in [0.2, 0.25) is 0 Å². The number of hydrogen-bond acceptors (Lipinski definition) is 4. The number of nitriles is 1. The number of benzene rings is 1. The summed E-state index contributed by atoms with van der Waals surface area (Å²) in [6, 6.07) is 14.5. The summed E-state index contributed by atoms with van der Waals surface area (Å²) in [6.45, 7) is 2.03. The van der Waals surface area contributed by atoms with Crippen LogP contribution in [0.2, 0.25) is 0 Å².